The number of hydrogen-bond donors (Lipinski definition) is 0. The number of likely N-dealkylation sites (N-methyl/N-ethyl adjacent to an activating group) is 1. The SMILES string of the molecule is C/C=C/C=C/C(=O)N(C)Cc1ccccc1C(F)(F)F. The van der Waals surface area contributed by atoms with Crippen molar-refractivity contribution in [2.75, 3.05) is 7.05 Å². The first-order chi connectivity index (χ1) is 9.36. The lowest BCUT2D eigenvalue weighted by Gasteiger charge is -2.18. The fourth-order valence-corrected chi connectivity index (χ4v) is 1.64. The van der Waals surface area contributed by atoms with E-state index in [1.807, 2.05) is 0 Å². The zero-order chi connectivity index (χ0) is 15.2. The maximum Gasteiger partial charge on any atom is 0.416 e. The van der Waals surface area contributed by atoms with E-state index < -0.39 is 11.7 Å². The number of amides is 1. The van der Waals surface area contributed by atoms with E-state index in [1.165, 1.54) is 36.2 Å². The Bertz CT molecular complexity index is 518. The summed E-state index contributed by atoms with van der Waals surface area (Å²) in [5.41, 5.74) is -0.632. The molecule has 0 aliphatic rings. The molecule has 0 aromatic heterocycles. The molecule has 20 heavy (non-hydrogen) atoms. The van der Waals surface area contributed by atoms with Crippen LogP contribution in [0.3, 0.4) is 0 Å². The molecule has 5 heteroatoms. The van der Waals surface area contributed by atoms with Gasteiger partial charge in [0.2, 0.25) is 5.91 Å². The highest BCUT2D eigenvalue weighted by molar-refractivity contribution is 5.87. The minimum absolute atomic E-state index is 0.0790. The summed E-state index contributed by atoms with van der Waals surface area (Å²) >= 11 is 0. The Hall–Kier alpha value is -2.04. The second-order valence-electron chi connectivity index (χ2n) is 4.23. The van der Waals surface area contributed by atoms with Crippen LogP contribution in [0.2, 0.25) is 0 Å². The van der Waals surface area contributed by atoms with Gasteiger partial charge in [0.1, 0.15) is 0 Å². The number of allylic oxidation sites excluding steroid dienone is 3. The van der Waals surface area contributed by atoms with Crippen LogP contribution in [0.15, 0.2) is 48.6 Å². The summed E-state index contributed by atoms with van der Waals surface area (Å²) in [6.45, 7) is 1.72. The molecule has 1 rings (SSSR count). The lowest BCUT2D eigenvalue weighted by atomic mass is 10.1. The summed E-state index contributed by atoms with van der Waals surface area (Å²) in [5, 5.41) is 0. The van der Waals surface area contributed by atoms with E-state index in [-0.39, 0.29) is 18.0 Å². The average molecular weight is 283 g/mol. The van der Waals surface area contributed by atoms with Gasteiger partial charge in [-0.25, -0.2) is 0 Å². The number of alkyl halides is 3. The first-order valence-corrected chi connectivity index (χ1v) is 6.06. The first-order valence-electron chi connectivity index (χ1n) is 6.06. The summed E-state index contributed by atoms with van der Waals surface area (Å²) in [4.78, 5) is 12.9. The molecular weight excluding hydrogens is 267 g/mol. The molecule has 0 unspecified atom stereocenters. The minimum Gasteiger partial charge on any atom is -0.338 e. The average Bonchev–Trinajstić information content (AvgIpc) is 2.38. The molecule has 0 fully saturated rings. The Morgan fingerprint density at radius 3 is 2.50 bits per heavy atom. The molecule has 0 atom stereocenters. The molecular formula is C15H16F3NO. The van der Waals surface area contributed by atoms with Gasteiger partial charge in [0, 0.05) is 19.7 Å². The van der Waals surface area contributed by atoms with Crippen molar-refractivity contribution in [3.8, 4) is 0 Å². The second kappa shape index (κ2) is 6.93. The molecule has 0 radical (unpaired) electrons. The van der Waals surface area contributed by atoms with E-state index in [0.29, 0.717) is 0 Å². The van der Waals surface area contributed by atoms with Crippen molar-refractivity contribution < 1.29 is 18.0 Å². The van der Waals surface area contributed by atoms with Crippen molar-refractivity contribution in [3.63, 3.8) is 0 Å². The van der Waals surface area contributed by atoms with E-state index >= 15 is 0 Å². The summed E-state index contributed by atoms with van der Waals surface area (Å²) in [5.74, 6) is -0.347. The van der Waals surface area contributed by atoms with Crippen LogP contribution in [0.1, 0.15) is 18.1 Å². The highest BCUT2D eigenvalue weighted by Gasteiger charge is 2.33. The Kier molecular flexibility index (Phi) is 5.55. The van der Waals surface area contributed by atoms with Crippen LogP contribution in [0.25, 0.3) is 0 Å². The molecule has 1 aromatic rings. The maximum absolute atomic E-state index is 12.8. The van der Waals surface area contributed by atoms with Crippen molar-refractivity contribution >= 4 is 5.91 Å². The van der Waals surface area contributed by atoms with E-state index in [0.717, 1.165) is 6.07 Å². The molecule has 0 saturated carbocycles. The van der Waals surface area contributed by atoms with Gasteiger partial charge in [-0.15, -0.1) is 0 Å². The zero-order valence-corrected chi connectivity index (χ0v) is 11.3. The normalized spacial score (nSPS) is 12.2. The topological polar surface area (TPSA) is 20.3 Å². The standard InChI is InChI=1S/C15H16F3NO/c1-3-4-5-10-14(20)19(2)11-12-8-6-7-9-13(12)15(16,17)18/h3-10H,11H2,1-2H3/b4-3+,10-5+. The zero-order valence-electron chi connectivity index (χ0n) is 11.3. The number of carbonyl (C=O) groups is 1. The number of carbonyl (C=O) groups excluding carboxylic acids is 1. The van der Waals surface area contributed by atoms with Crippen molar-refractivity contribution in [2.45, 2.75) is 19.6 Å². The molecule has 1 aromatic carbocycles. The van der Waals surface area contributed by atoms with Gasteiger partial charge in [-0.1, -0.05) is 36.4 Å². The monoisotopic (exact) mass is 283 g/mol. The molecule has 0 aliphatic carbocycles. The molecule has 0 saturated heterocycles. The minimum atomic E-state index is -4.42. The van der Waals surface area contributed by atoms with Crippen LogP contribution in [0, 0.1) is 0 Å². The van der Waals surface area contributed by atoms with E-state index in [1.54, 1.807) is 25.2 Å². The third kappa shape index (κ3) is 4.57. The number of benzene rings is 1. The van der Waals surface area contributed by atoms with Crippen molar-refractivity contribution in [1.82, 2.24) is 4.90 Å². The summed E-state index contributed by atoms with van der Waals surface area (Å²) in [7, 11) is 1.47. The molecule has 0 N–H and O–H groups in total. The molecule has 0 spiro atoms. The predicted octanol–water partition coefficient (Wildman–Crippen LogP) is 3.80. The van der Waals surface area contributed by atoms with E-state index in [2.05, 4.69) is 0 Å². The van der Waals surface area contributed by atoms with Gasteiger partial charge in [0.05, 0.1) is 5.56 Å². The number of halogens is 3. The highest BCUT2D eigenvalue weighted by atomic mass is 19.4. The second-order valence-corrected chi connectivity index (χ2v) is 4.23. The highest BCUT2D eigenvalue weighted by Crippen LogP contribution is 2.32. The van der Waals surface area contributed by atoms with Crippen LogP contribution >= 0.6 is 0 Å². The third-order valence-electron chi connectivity index (χ3n) is 2.65. The van der Waals surface area contributed by atoms with Gasteiger partial charge in [-0.2, -0.15) is 13.2 Å². The third-order valence-corrected chi connectivity index (χ3v) is 2.65. The lowest BCUT2D eigenvalue weighted by molar-refractivity contribution is -0.139. The largest absolute Gasteiger partial charge is 0.416 e. The maximum atomic E-state index is 12.8. The Morgan fingerprint density at radius 2 is 1.90 bits per heavy atom. The lowest BCUT2D eigenvalue weighted by Crippen LogP contribution is -2.25. The Morgan fingerprint density at radius 1 is 1.25 bits per heavy atom. The van der Waals surface area contributed by atoms with Crippen molar-refractivity contribution in [3.05, 3.63) is 59.7 Å². The van der Waals surface area contributed by atoms with Crippen LogP contribution in [-0.2, 0) is 17.5 Å². The number of hydrogen-bond acceptors (Lipinski definition) is 1. The van der Waals surface area contributed by atoms with Gasteiger partial charge < -0.3 is 4.90 Å². The molecule has 0 bridgehead atoms. The number of rotatable bonds is 4. The number of nitrogens with zero attached hydrogens (tertiary/aromatic N) is 1. The fourth-order valence-electron chi connectivity index (χ4n) is 1.64. The van der Waals surface area contributed by atoms with Crippen LogP contribution in [0.5, 0.6) is 0 Å². The molecule has 108 valence electrons. The van der Waals surface area contributed by atoms with Gasteiger partial charge in [-0.05, 0) is 18.6 Å². The Labute approximate surface area is 116 Å². The van der Waals surface area contributed by atoms with Gasteiger partial charge >= 0.3 is 6.18 Å². The molecule has 2 nitrogen and oxygen atoms in total. The molecule has 0 heterocycles. The van der Waals surface area contributed by atoms with Crippen molar-refractivity contribution in [1.29, 1.82) is 0 Å². The summed E-state index contributed by atoms with van der Waals surface area (Å²) in [6.07, 6.45) is 1.88. The van der Waals surface area contributed by atoms with Gasteiger partial charge in [-0.3, -0.25) is 4.79 Å². The van der Waals surface area contributed by atoms with Crippen molar-refractivity contribution in [2.24, 2.45) is 0 Å². The first kappa shape index (κ1) is 16.0. The Balaban J connectivity index is 2.86. The van der Waals surface area contributed by atoms with Crippen LogP contribution in [0.4, 0.5) is 13.2 Å². The van der Waals surface area contributed by atoms with E-state index in [9.17, 15) is 18.0 Å². The van der Waals surface area contributed by atoms with Crippen LogP contribution in [-0.4, -0.2) is 17.9 Å². The van der Waals surface area contributed by atoms with E-state index in [4.69, 9.17) is 0 Å². The van der Waals surface area contributed by atoms with Crippen LogP contribution < -0.4 is 0 Å². The molecule has 1 amide bonds. The quantitative estimate of drug-likeness (QED) is 0.608. The predicted molar refractivity (Wildman–Crippen MR) is 71.9 cm³/mol. The van der Waals surface area contributed by atoms with Gasteiger partial charge in [0.25, 0.3) is 0 Å². The van der Waals surface area contributed by atoms with Gasteiger partial charge in [0.15, 0.2) is 0 Å². The summed E-state index contributed by atoms with van der Waals surface area (Å²) in [6, 6.07) is 5.25. The smallest absolute Gasteiger partial charge is 0.338 e. The fraction of sp³-hybridized carbons (Fsp3) is 0.267. The summed E-state index contributed by atoms with van der Waals surface area (Å²) < 4.78 is 38.5. The molecule has 0 aliphatic heterocycles.